The molecule has 0 saturated carbocycles. The average molecular weight is 212 g/mol. The van der Waals surface area contributed by atoms with Gasteiger partial charge in [0.05, 0.1) is 0 Å². The number of hydrogen-bond acceptors (Lipinski definition) is 0. The van der Waals surface area contributed by atoms with E-state index in [1.165, 1.54) is 44.9 Å². The topological polar surface area (TPSA) is 0 Å². The van der Waals surface area contributed by atoms with E-state index >= 15 is 0 Å². The van der Waals surface area contributed by atoms with Crippen LogP contribution in [0.3, 0.4) is 0 Å². The van der Waals surface area contributed by atoms with E-state index in [4.69, 9.17) is 0 Å². The van der Waals surface area contributed by atoms with Crippen LogP contribution in [0.15, 0.2) is 0 Å². The Morgan fingerprint density at radius 2 is 1.47 bits per heavy atom. The molecule has 0 aromatic carbocycles. The van der Waals surface area contributed by atoms with E-state index in [0.29, 0.717) is 0 Å². The molecule has 0 fully saturated rings. The standard InChI is InChI=1S/C15H32/c1-6-10-15(8-3)14(5)12-9-11-13(4)7-2/h13-15H,6-12H2,1-5H3. The highest BCUT2D eigenvalue weighted by Gasteiger charge is 2.14. The average Bonchev–Trinajstić information content (AvgIpc) is 2.25. The molecule has 92 valence electrons. The van der Waals surface area contributed by atoms with Gasteiger partial charge in [0.1, 0.15) is 0 Å². The molecular formula is C15H32. The smallest absolute Gasteiger partial charge is 0.0391 e. The van der Waals surface area contributed by atoms with E-state index in [1.54, 1.807) is 0 Å². The molecule has 0 radical (unpaired) electrons. The Bertz CT molecular complexity index is 128. The monoisotopic (exact) mass is 212 g/mol. The normalized spacial score (nSPS) is 17.4. The number of hydrogen-bond donors (Lipinski definition) is 0. The van der Waals surface area contributed by atoms with Crippen molar-refractivity contribution in [3.63, 3.8) is 0 Å². The maximum absolute atomic E-state index is 2.46. The Balaban J connectivity index is 3.65. The molecule has 0 saturated heterocycles. The Hall–Kier alpha value is 0. The highest BCUT2D eigenvalue weighted by atomic mass is 14.2. The van der Waals surface area contributed by atoms with E-state index in [-0.39, 0.29) is 0 Å². The summed E-state index contributed by atoms with van der Waals surface area (Å²) in [7, 11) is 0. The van der Waals surface area contributed by atoms with E-state index in [9.17, 15) is 0 Å². The van der Waals surface area contributed by atoms with Crippen LogP contribution in [-0.4, -0.2) is 0 Å². The highest BCUT2D eigenvalue weighted by Crippen LogP contribution is 2.26. The fourth-order valence-electron chi connectivity index (χ4n) is 2.49. The van der Waals surface area contributed by atoms with Gasteiger partial charge in [-0.3, -0.25) is 0 Å². The van der Waals surface area contributed by atoms with Gasteiger partial charge in [-0.15, -0.1) is 0 Å². The third kappa shape index (κ3) is 6.98. The maximum Gasteiger partial charge on any atom is -0.0391 e. The van der Waals surface area contributed by atoms with Gasteiger partial charge >= 0.3 is 0 Å². The van der Waals surface area contributed by atoms with Crippen LogP contribution in [0.1, 0.15) is 79.6 Å². The fourth-order valence-corrected chi connectivity index (χ4v) is 2.49. The van der Waals surface area contributed by atoms with Crippen molar-refractivity contribution in [3.8, 4) is 0 Å². The first-order valence-electron chi connectivity index (χ1n) is 7.15. The van der Waals surface area contributed by atoms with Gasteiger partial charge in [0.15, 0.2) is 0 Å². The molecule has 0 aliphatic rings. The maximum atomic E-state index is 2.46. The summed E-state index contributed by atoms with van der Waals surface area (Å²) in [6.07, 6.45) is 9.83. The van der Waals surface area contributed by atoms with Crippen molar-refractivity contribution in [1.29, 1.82) is 0 Å². The van der Waals surface area contributed by atoms with Crippen LogP contribution >= 0.6 is 0 Å². The molecule has 15 heavy (non-hydrogen) atoms. The van der Waals surface area contributed by atoms with Crippen LogP contribution in [0.2, 0.25) is 0 Å². The molecule has 0 aliphatic carbocycles. The number of rotatable bonds is 9. The molecule has 0 rings (SSSR count). The first-order valence-corrected chi connectivity index (χ1v) is 7.15. The van der Waals surface area contributed by atoms with Gasteiger partial charge in [-0.2, -0.15) is 0 Å². The summed E-state index contributed by atoms with van der Waals surface area (Å²) in [6, 6.07) is 0. The fraction of sp³-hybridized carbons (Fsp3) is 1.00. The third-order valence-corrected chi connectivity index (χ3v) is 4.04. The quantitative estimate of drug-likeness (QED) is 0.462. The predicted molar refractivity (Wildman–Crippen MR) is 71.2 cm³/mol. The third-order valence-electron chi connectivity index (χ3n) is 4.04. The van der Waals surface area contributed by atoms with Gasteiger partial charge in [-0.1, -0.05) is 79.6 Å². The summed E-state index contributed by atoms with van der Waals surface area (Å²) >= 11 is 0. The van der Waals surface area contributed by atoms with Crippen LogP contribution in [-0.2, 0) is 0 Å². The zero-order valence-electron chi connectivity index (χ0n) is 11.7. The highest BCUT2D eigenvalue weighted by molar-refractivity contribution is 4.65. The summed E-state index contributed by atoms with van der Waals surface area (Å²) in [4.78, 5) is 0. The Kier molecular flexibility index (Phi) is 9.24. The first kappa shape index (κ1) is 15.0. The van der Waals surface area contributed by atoms with E-state index in [2.05, 4.69) is 34.6 Å². The molecule has 0 spiro atoms. The lowest BCUT2D eigenvalue weighted by molar-refractivity contribution is 0.292. The van der Waals surface area contributed by atoms with E-state index in [0.717, 1.165) is 17.8 Å². The minimum atomic E-state index is 0.934. The van der Waals surface area contributed by atoms with Crippen LogP contribution in [0.4, 0.5) is 0 Å². The minimum Gasteiger partial charge on any atom is -0.0654 e. The Labute approximate surface area is 97.8 Å². The molecule has 0 aromatic rings. The zero-order chi connectivity index (χ0) is 11.7. The Morgan fingerprint density at radius 1 is 0.800 bits per heavy atom. The largest absolute Gasteiger partial charge is 0.0654 e. The van der Waals surface area contributed by atoms with Crippen molar-refractivity contribution in [2.75, 3.05) is 0 Å². The zero-order valence-corrected chi connectivity index (χ0v) is 11.7. The van der Waals surface area contributed by atoms with Crippen molar-refractivity contribution >= 4 is 0 Å². The molecule has 0 nitrogen and oxygen atoms in total. The molecule has 0 heterocycles. The van der Waals surface area contributed by atoms with Crippen LogP contribution < -0.4 is 0 Å². The van der Waals surface area contributed by atoms with Gasteiger partial charge in [-0.25, -0.2) is 0 Å². The molecular weight excluding hydrogens is 180 g/mol. The summed E-state index contributed by atoms with van der Waals surface area (Å²) in [5, 5.41) is 0. The van der Waals surface area contributed by atoms with Gasteiger partial charge in [0.2, 0.25) is 0 Å². The van der Waals surface area contributed by atoms with Gasteiger partial charge in [-0.05, 0) is 17.8 Å². The molecule has 3 unspecified atom stereocenters. The van der Waals surface area contributed by atoms with Gasteiger partial charge < -0.3 is 0 Å². The van der Waals surface area contributed by atoms with Crippen molar-refractivity contribution in [3.05, 3.63) is 0 Å². The SMILES string of the molecule is CCCC(CC)C(C)CCCC(C)CC. The van der Waals surface area contributed by atoms with Crippen LogP contribution in [0, 0.1) is 17.8 Å². The Morgan fingerprint density at radius 3 is 1.93 bits per heavy atom. The minimum absolute atomic E-state index is 0.934. The lowest BCUT2D eigenvalue weighted by atomic mass is 9.84. The summed E-state index contributed by atoms with van der Waals surface area (Å²) in [6.45, 7) is 11.8. The first-order chi connectivity index (χ1) is 7.15. The second kappa shape index (κ2) is 9.24. The summed E-state index contributed by atoms with van der Waals surface area (Å²) < 4.78 is 0. The molecule has 3 atom stereocenters. The van der Waals surface area contributed by atoms with Crippen LogP contribution in [0.25, 0.3) is 0 Å². The molecule has 0 amide bonds. The molecule has 0 aliphatic heterocycles. The summed E-state index contributed by atoms with van der Waals surface area (Å²) in [5.41, 5.74) is 0. The molecule has 0 N–H and O–H groups in total. The van der Waals surface area contributed by atoms with E-state index < -0.39 is 0 Å². The van der Waals surface area contributed by atoms with Crippen molar-refractivity contribution in [2.45, 2.75) is 79.6 Å². The van der Waals surface area contributed by atoms with Crippen molar-refractivity contribution < 1.29 is 0 Å². The van der Waals surface area contributed by atoms with Crippen molar-refractivity contribution in [1.82, 2.24) is 0 Å². The molecule has 0 aromatic heterocycles. The summed E-state index contributed by atoms with van der Waals surface area (Å²) in [5.74, 6) is 2.86. The van der Waals surface area contributed by atoms with Gasteiger partial charge in [0.25, 0.3) is 0 Å². The molecule has 0 heteroatoms. The molecule has 0 bridgehead atoms. The van der Waals surface area contributed by atoms with Gasteiger partial charge in [0, 0.05) is 0 Å². The van der Waals surface area contributed by atoms with Crippen molar-refractivity contribution in [2.24, 2.45) is 17.8 Å². The predicted octanol–water partition coefficient (Wildman–Crippen LogP) is 5.67. The lowest BCUT2D eigenvalue weighted by Crippen LogP contribution is -2.11. The second-order valence-corrected chi connectivity index (χ2v) is 5.38. The second-order valence-electron chi connectivity index (χ2n) is 5.38. The van der Waals surface area contributed by atoms with Crippen LogP contribution in [0.5, 0.6) is 0 Å². The lowest BCUT2D eigenvalue weighted by Gasteiger charge is -2.22. The van der Waals surface area contributed by atoms with E-state index in [1.807, 2.05) is 0 Å².